The van der Waals surface area contributed by atoms with Crippen LogP contribution in [0.1, 0.15) is 22.5 Å². The zero-order valence-electron chi connectivity index (χ0n) is 15.2. The number of H-pyrrole nitrogens is 1. The summed E-state index contributed by atoms with van der Waals surface area (Å²) in [5.74, 6) is 0.697. The average Bonchev–Trinajstić information content (AvgIpc) is 3.35. The van der Waals surface area contributed by atoms with Gasteiger partial charge in [-0.05, 0) is 44.6 Å². The molecule has 3 aromatic heterocycles. The van der Waals surface area contributed by atoms with Crippen molar-refractivity contribution >= 4 is 29.8 Å². The van der Waals surface area contributed by atoms with Gasteiger partial charge in [0.15, 0.2) is 11.0 Å². The van der Waals surface area contributed by atoms with Gasteiger partial charge >= 0.3 is 0 Å². The highest BCUT2D eigenvalue weighted by Crippen LogP contribution is 2.23. The molecule has 0 radical (unpaired) electrons. The lowest BCUT2D eigenvalue weighted by atomic mass is 10.1. The molecule has 136 valence electrons. The van der Waals surface area contributed by atoms with E-state index in [0.717, 1.165) is 33.2 Å². The van der Waals surface area contributed by atoms with E-state index in [9.17, 15) is 0 Å². The van der Waals surface area contributed by atoms with Gasteiger partial charge in [0.1, 0.15) is 0 Å². The van der Waals surface area contributed by atoms with Crippen LogP contribution in [-0.4, -0.2) is 30.6 Å². The monoisotopic (exact) mass is 394 g/mol. The van der Waals surface area contributed by atoms with Crippen molar-refractivity contribution in [1.82, 2.24) is 24.4 Å². The highest BCUT2D eigenvalue weighted by Gasteiger charge is 2.13. The number of hydrogen-bond acceptors (Lipinski definition) is 5. The molecule has 6 nitrogen and oxygen atoms in total. The lowest BCUT2D eigenvalue weighted by Crippen LogP contribution is -1.99. The van der Waals surface area contributed by atoms with Crippen LogP contribution in [0.25, 0.3) is 16.5 Å². The SMILES string of the molecule is Cc1ccccc1-c1n[nH]c(=S)n1/N=C\c1cc(C)n(-c2nccs2)c1C. The van der Waals surface area contributed by atoms with Crippen LogP contribution < -0.4 is 0 Å². The molecule has 0 fully saturated rings. The zero-order valence-corrected chi connectivity index (χ0v) is 16.8. The van der Waals surface area contributed by atoms with Crippen LogP contribution in [0.3, 0.4) is 0 Å². The summed E-state index contributed by atoms with van der Waals surface area (Å²) in [6, 6.07) is 10.1. The van der Waals surface area contributed by atoms with Gasteiger partial charge < -0.3 is 0 Å². The first kappa shape index (κ1) is 17.6. The Labute approximate surface area is 165 Å². The molecular formula is C19H18N6S2. The molecule has 0 unspecified atom stereocenters. The summed E-state index contributed by atoms with van der Waals surface area (Å²) in [5.41, 5.74) is 5.32. The number of nitrogens with one attached hydrogen (secondary N) is 1. The van der Waals surface area contributed by atoms with Crippen LogP contribution in [-0.2, 0) is 0 Å². The third-order valence-corrected chi connectivity index (χ3v) is 5.45. The average molecular weight is 395 g/mol. The van der Waals surface area contributed by atoms with Gasteiger partial charge in [-0.1, -0.05) is 24.3 Å². The fourth-order valence-corrected chi connectivity index (χ4v) is 3.99. The first-order valence-corrected chi connectivity index (χ1v) is 9.71. The Balaban J connectivity index is 1.76. The summed E-state index contributed by atoms with van der Waals surface area (Å²) >= 11 is 6.99. The Morgan fingerprint density at radius 1 is 1.22 bits per heavy atom. The molecule has 3 heterocycles. The van der Waals surface area contributed by atoms with Crippen molar-refractivity contribution in [3.05, 3.63) is 69.2 Å². The number of aromatic amines is 1. The minimum absolute atomic E-state index is 0.457. The molecule has 0 atom stereocenters. The molecule has 0 aliphatic rings. The highest BCUT2D eigenvalue weighted by atomic mass is 32.1. The lowest BCUT2D eigenvalue weighted by Gasteiger charge is -2.05. The molecule has 0 bridgehead atoms. The van der Waals surface area contributed by atoms with Gasteiger partial charge in [-0.15, -0.1) is 11.3 Å². The predicted octanol–water partition coefficient (Wildman–Crippen LogP) is 4.66. The molecule has 0 aliphatic carbocycles. The largest absolute Gasteiger partial charge is 0.294 e. The Morgan fingerprint density at radius 3 is 2.78 bits per heavy atom. The minimum Gasteiger partial charge on any atom is -0.294 e. The molecule has 4 aromatic rings. The Morgan fingerprint density at radius 2 is 2.04 bits per heavy atom. The van der Waals surface area contributed by atoms with Crippen molar-refractivity contribution in [2.24, 2.45) is 5.10 Å². The third-order valence-electron chi connectivity index (χ3n) is 4.43. The quantitative estimate of drug-likeness (QED) is 0.404. The van der Waals surface area contributed by atoms with Gasteiger partial charge in [0.05, 0.1) is 6.21 Å². The molecule has 1 N–H and O–H groups in total. The van der Waals surface area contributed by atoms with Crippen LogP contribution in [0.15, 0.2) is 47.0 Å². The van der Waals surface area contributed by atoms with Crippen LogP contribution in [0, 0.1) is 25.5 Å². The van der Waals surface area contributed by atoms with E-state index in [0.29, 0.717) is 10.6 Å². The van der Waals surface area contributed by atoms with Crippen molar-refractivity contribution < 1.29 is 0 Å². The normalized spacial score (nSPS) is 11.5. The van der Waals surface area contributed by atoms with Gasteiger partial charge in [-0.3, -0.25) is 4.57 Å². The van der Waals surface area contributed by atoms with E-state index in [4.69, 9.17) is 12.2 Å². The second-order valence-corrected chi connectivity index (χ2v) is 7.46. The van der Waals surface area contributed by atoms with Gasteiger partial charge in [0.25, 0.3) is 0 Å². The molecule has 8 heteroatoms. The van der Waals surface area contributed by atoms with Crippen LogP contribution in [0.5, 0.6) is 0 Å². The molecule has 27 heavy (non-hydrogen) atoms. The maximum atomic E-state index is 5.38. The fraction of sp³-hybridized carbons (Fsp3) is 0.158. The number of aromatic nitrogens is 5. The number of hydrogen-bond donors (Lipinski definition) is 1. The van der Waals surface area contributed by atoms with Crippen LogP contribution in [0.2, 0.25) is 0 Å². The number of benzene rings is 1. The van der Waals surface area contributed by atoms with Crippen molar-refractivity contribution in [2.45, 2.75) is 20.8 Å². The second-order valence-electron chi connectivity index (χ2n) is 6.20. The van der Waals surface area contributed by atoms with Gasteiger partial charge in [0.2, 0.25) is 4.77 Å². The molecule has 0 saturated heterocycles. The Hall–Kier alpha value is -2.84. The third kappa shape index (κ3) is 3.17. The van der Waals surface area contributed by atoms with E-state index < -0.39 is 0 Å². The molecular weight excluding hydrogens is 376 g/mol. The number of nitrogens with zero attached hydrogens (tertiary/aromatic N) is 5. The van der Waals surface area contributed by atoms with Crippen molar-refractivity contribution in [3.8, 4) is 16.5 Å². The Kier molecular flexibility index (Phi) is 4.59. The lowest BCUT2D eigenvalue weighted by molar-refractivity contribution is 0.870. The first-order chi connectivity index (χ1) is 13.1. The number of aryl methyl sites for hydroxylation is 2. The molecule has 4 rings (SSSR count). The Bertz CT molecular complexity index is 1180. The topological polar surface area (TPSA) is 63.8 Å². The van der Waals surface area contributed by atoms with E-state index in [1.807, 2.05) is 49.0 Å². The van der Waals surface area contributed by atoms with E-state index >= 15 is 0 Å². The zero-order chi connectivity index (χ0) is 19.0. The van der Waals surface area contributed by atoms with Gasteiger partial charge in [-0.2, -0.15) is 14.9 Å². The minimum atomic E-state index is 0.457. The molecule has 0 aliphatic heterocycles. The van der Waals surface area contributed by atoms with Crippen molar-refractivity contribution in [3.63, 3.8) is 0 Å². The smallest absolute Gasteiger partial charge is 0.216 e. The van der Waals surface area contributed by atoms with Gasteiger partial charge in [-0.25, -0.2) is 10.1 Å². The van der Waals surface area contributed by atoms with Gasteiger partial charge in [0, 0.05) is 34.1 Å². The molecule has 1 aromatic carbocycles. The van der Waals surface area contributed by atoms with Crippen LogP contribution in [0.4, 0.5) is 0 Å². The second kappa shape index (κ2) is 7.05. The van der Waals surface area contributed by atoms with E-state index in [1.165, 1.54) is 0 Å². The number of rotatable bonds is 4. The standard InChI is InChI=1S/C19H18N6S2/c1-12-6-4-5-7-16(12)17-22-23-18(26)25(17)21-11-15-10-13(2)24(14(15)3)19-20-8-9-27-19/h4-11H,1-3H3,(H,23,26)/b21-11-. The highest BCUT2D eigenvalue weighted by molar-refractivity contribution is 7.71. The molecule has 0 spiro atoms. The molecule has 0 amide bonds. The summed E-state index contributed by atoms with van der Waals surface area (Å²) in [5, 5.41) is 14.7. The van der Waals surface area contributed by atoms with Crippen molar-refractivity contribution in [2.75, 3.05) is 0 Å². The summed E-state index contributed by atoms with van der Waals surface area (Å²) in [7, 11) is 0. The van der Waals surface area contributed by atoms with E-state index in [2.05, 4.69) is 44.8 Å². The predicted molar refractivity (Wildman–Crippen MR) is 111 cm³/mol. The maximum Gasteiger partial charge on any atom is 0.216 e. The first-order valence-electron chi connectivity index (χ1n) is 8.43. The number of thiazole rings is 1. The molecule has 0 saturated carbocycles. The van der Waals surface area contributed by atoms with E-state index in [-0.39, 0.29) is 0 Å². The summed E-state index contributed by atoms with van der Waals surface area (Å²) in [6.07, 6.45) is 3.63. The van der Waals surface area contributed by atoms with Crippen LogP contribution >= 0.6 is 23.6 Å². The van der Waals surface area contributed by atoms with Crippen molar-refractivity contribution in [1.29, 1.82) is 0 Å². The fourth-order valence-electron chi connectivity index (χ4n) is 3.06. The summed E-state index contributed by atoms with van der Waals surface area (Å²) in [6.45, 7) is 6.17. The summed E-state index contributed by atoms with van der Waals surface area (Å²) in [4.78, 5) is 4.41. The van der Waals surface area contributed by atoms with E-state index in [1.54, 1.807) is 16.0 Å². The maximum absolute atomic E-state index is 5.38. The summed E-state index contributed by atoms with van der Waals surface area (Å²) < 4.78 is 4.24.